The highest BCUT2D eigenvalue weighted by Gasteiger charge is 2.07. The molecule has 0 fully saturated rings. The zero-order chi connectivity index (χ0) is 9.73. The average Bonchev–Trinajstić information content (AvgIpc) is 2.04. The molecule has 0 atom stereocenters. The lowest BCUT2D eigenvalue weighted by Crippen LogP contribution is -2.11. The van der Waals surface area contributed by atoms with Gasteiger partial charge in [-0.05, 0) is 19.4 Å². The van der Waals surface area contributed by atoms with Crippen LogP contribution in [0, 0.1) is 0 Å². The minimum absolute atomic E-state index is 0.339. The molecule has 0 spiro atoms. The van der Waals surface area contributed by atoms with Gasteiger partial charge in [0.15, 0.2) is 0 Å². The molecule has 1 aromatic carbocycles. The van der Waals surface area contributed by atoms with Gasteiger partial charge in [-0.1, -0.05) is 30.3 Å². The van der Waals surface area contributed by atoms with Crippen molar-refractivity contribution >= 4 is 17.8 Å². The molecular weight excluding hydrogens is 182 g/mol. The predicted octanol–water partition coefficient (Wildman–Crippen LogP) is 3.27. The first-order chi connectivity index (χ1) is 6.08. The van der Waals surface area contributed by atoms with E-state index in [2.05, 4.69) is 17.1 Å². The van der Waals surface area contributed by atoms with Gasteiger partial charge in [-0.2, -0.15) is 0 Å². The Balaban J connectivity index is 2.49. The first-order valence-electron chi connectivity index (χ1n) is 4.32. The SMILES string of the molecule is CC(C)(Cl)C=NCc1ccccc1. The van der Waals surface area contributed by atoms with E-state index in [0.29, 0.717) is 6.54 Å². The van der Waals surface area contributed by atoms with Crippen molar-refractivity contribution in [2.24, 2.45) is 4.99 Å². The van der Waals surface area contributed by atoms with Crippen LogP contribution in [0.5, 0.6) is 0 Å². The smallest absolute Gasteiger partial charge is 0.0736 e. The van der Waals surface area contributed by atoms with Crippen molar-refractivity contribution in [2.75, 3.05) is 0 Å². The Morgan fingerprint density at radius 3 is 2.46 bits per heavy atom. The normalized spacial score (nSPS) is 12.2. The first kappa shape index (κ1) is 10.3. The number of hydrogen-bond donors (Lipinski definition) is 0. The molecule has 2 heteroatoms. The summed E-state index contributed by atoms with van der Waals surface area (Å²) in [5.41, 5.74) is 1.21. The lowest BCUT2D eigenvalue weighted by Gasteiger charge is -2.06. The highest BCUT2D eigenvalue weighted by molar-refractivity contribution is 6.31. The number of halogens is 1. The molecule has 0 N–H and O–H groups in total. The van der Waals surface area contributed by atoms with Gasteiger partial charge in [0.25, 0.3) is 0 Å². The van der Waals surface area contributed by atoms with Crippen molar-refractivity contribution in [3.63, 3.8) is 0 Å². The van der Waals surface area contributed by atoms with Gasteiger partial charge in [0.05, 0.1) is 11.4 Å². The number of rotatable bonds is 3. The Labute approximate surface area is 84.5 Å². The van der Waals surface area contributed by atoms with Gasteiger partial charge in [0.1, 0.15) is 0 Å². The number of aliphatic imine (C=N–C) groups is 1. The largest absolute Gasteiger partial charge is 0.291 e. The van der Waals surface area contributed by atoms with E-state index in [-0.39, 0.29) is 4.87 Å². The molecule has 1 aromatic rings. The summed E-state index contributed by atoms with van der Waals surface area (Å²) in [5.74, 6) is 0. The lowest BCUT2D eigenvalue weighted by molar-refractivity contribution is 0.935. The second-order valence-electron chi connectivity index (χ2n) is 3.52. The zero-order valence-corrected chi connectivity index (χ0v) is 8.75. The maximum atomic E-state index is 5.95. The molecule has 0 unspecified atom stereocenters. The van der Waals surface area contributed by atoms with Gasteiger partial charge in [-0.25, -0.2) is 0 Å². The fourth-order valence-corrected chi connectivity index (χ4v) is 1.02. The Bertz CT molecular complexity index is 272. The molecule has 0 amide bonds. The standard InChI is InChI=1S/C11H14ClN/c1-11(2,12)9-13-8-10-6-4-3-5-7-10/h3-7,9H,8H2,1-2H3. The minimum Gasteiger partial charge on any atom is -0.291 e. The Hall–Kier alpha value is -0.820. The van der Waals surface area contributed by atoms with E-state index in [1.54, 1.807) is 6.21 Å². The van der Waals surface area contributed by atoms with Crippen LogP contribution in [0.3, 0.4) is 0 Å². The van der Waals surface area contributed by atoms with Crippen molar-refractivity contribution in [2.45, 2.75) is 25.3 Å². The third kappa shape index (κ3) is 4.69. The van der Waals surface area contributed by atoms with Gasteiger partial charge in [-0.3, -0.25) is 4.99 Å². The van der Waals surface area contributed by atoms with Crippen molar-refractivity contribution in [1.29, 1.82) is 0 Å². The molecule has 13 heavy (non-hydrogen) atoms. The first-order valence-corrected chi connectivity index (χ1v) is 4.69. The molecule has 0 aliphatic carbocycles. The summed E-state index contributed by atoms with van der Waals surface area (Å²) in [7, 11) is 0. The van der Waals surface area contributed by atoms with Crippen LogP contribution in [-0.4, -0.2) is 11.1 Å². The average molecular weight is 196 g/mol. The Kier molecular flexibility index (Phi) is 3.49. The van der Waals surface area contributed by atoms with Crippen LogP contribution < -0.4 is 0 Å². The van der Waals surface area contributed by atoms with E-state index < -0.39 is 0 Å². The summed E-state index contributed by atoms with van der Waals surface area (Å²) in [6, 6.07) is 10.1. The zero-order valence-electron chi connectivity index (χ0n) is 8.00. The maximum absolute atomic E-state index is 5.95. The molecule has 0 saturated heterocycles. The fourth-order valence-electron chi connectivity index (χ4n) is 0.952. The van der Waals surface area contributed by atoms with Crippen molar-refractivity contribution in [3.8, 4) is 0 Å². The molecule has 0 heterocycles. The molecule has 0 bridgehead atoms. The van der Waals surface area contributed by atoms with Crippen molar-refractivity contribution in [1.82, 2.24) is 0 Å². The monoisotopic (exact) mass is 195 g/mol. The highest BCUT2D eigenvalue weighted by Crippen LogP contribution is 2.09. The van der Waals surface area contributed by atoms with E-state index in [1.807, 2.05) is 32.0 Å². The second kappa shape index (κ2) is 4.43. The van der Waals surface area contributed by atoms with Crippen molar-refractivity contribution < 1.29 is 0 Å². The molecular formula is C11H14ClN. The lowest BCUT2D eigenvalue weighted by atomic mass is 10.2. The number of alkyl halides is 1. The number of nitrogens with zero attached hydrogens (tertiary/aromatic N) is 1. The third-order valence-electron chi connectivity index (χ3n) is 1.51. The van der Waals surface area contributed by atoms with Crippen LogP contribution in [0.1, 0.15) is 19.4 Å². The Morgan fingerprint density at radius 2 is 1.92 bits per heavy atom. The summed E-state index contributed by atoms with van der Waals surface area (Å²) in [5, 5.41) is 0. The quantitative estimate of drug-likeness (QED) is 0.519. The number of hydrogen-bond acceptors (Lipinski definition) is 1. The van der Waals surface area contributed by atoms with E-state index in [4.69, 9.17) is 11.6 Å². The van der Waals surface area contributed by atoms with E-state index >= 15 is 0 Å². The summed E-state index contributed by atoms with van der Waals surface area (Å²) in [6.45, 7) is 4.54. The molecule has 70 valence electrons. The predicted molar refractivity (Wildman–Crippen MR) is 58.6 cm³/mol. The molecule has 1 rings (SSSR count). The van der Waals surface area contributed by atoms with Gasteiger partial charge in [0.2, 0.25) is 0 Å². The van der Waals surface area contributed by atoms with E-state index in [9.17, 15) is 0 Å². The van der Waals surface area contributed by atoms with E-state index in [0.717, 1.165) is 0 Å². The van der Waals surface area contributed by atoms with Gasteiger partial charge in [-0.15, -0.1) is 11.6 Å². The van der Waals surface area contributed by atoms with Crippen molar-refractivity contribution in [3.05, 3.63) is 35.9 Å². The van der Waals surface area contributed by atoms with Crippen LogP contribution in [0.4, 0.5) is 0 Å². The summed E-state index contributed by atoms with van der Waals surface area (Å²) in [6.07, 6.45) is 1.78. The molecule has 0 saturated carbocycles. The molecule has 0 aromatic heterocycles. The summed E-state index contributed by atoms with van der Waals surface area (Å²) < 4.78 is 0. The molecule has 1 nitrogen and oxygen atoms in total. The summed E-state index contributed by atoms with van der Waals surface area (Å²) >= 11 is 5.95. The van der Waals surface area contributed by atoms with Gasteiger partial charge < -0.3 is 0 Å². The maximum Gasteiger partial charge on any atom is 0.0736 e. The van der Waals surface area contributed by atoms with Crippen LogP contribution in [0.2, 0.25) is 0 Å². The highest BCUT2D eigenvalue weighted by atomic mass is 35.5. The van der Waals surface area contributed by atoms with Crippen LogP contribution >= 0.6 is 11.6 Å². The second-order valence-corrected chi connectivity index (χ2v) is 4.49. The third-order valence-corrected chi connectivity index (χ3v) is 1.61. The van der Waals surface area contributed by atoms with Gasteiger partial charge in [0, 0.05) is 6.21 Å². The molecule has 0 radical (unpaired) electrons. The van der Waals surface area contributed by atoms with Gasteiger partial charge >= 0.3 is 0 Å². The minimum atomic E-state index is -0.339. The Morgan fingerprint density at radius 1 is 1.31 bits per heavy atom. The van der Waals surface area contributed by atoms with E-state index in [1.165, 1.54) is 5.56 Å². The van der Waals surface area contributed by atoms with Crippen LogP contribution in [0.25, 0.3) is 0 Å². The van der Waals surface area contributed by atoms with Crippen LogP contribution in [0.15, 0.2) is 35.3 Å². The topological polar surface area (TPSA) is 12.4 Å². The molecule has 0 aliphatic rings. The summed E-state index contributed by atoms with van der Waals surface area (Å²) in [4.78, 5) is 3.92. The number of benzene rings is 1. The fraction of sp³-hybridized carbons (Fsp3) is 0.364. The molecule has 0 aliphatic heterocycles. The van der Waals surface area contributed by atoms with Crippen LogP contribution in [-0.2, 0) is 6.54 Å².